The number of H-pyrrole nitrogens is 1. The van der Waals surface area contributed by atoms with Gasteiger partial charge in [-0.05, 0) is 31.2 Å². The minimum atomic E-state index is -0.203. The maximum atomic E-state index is 11.6. The second-order valence-electron chi connectivity index (χ2n) is 4.24. The number of nitrogens with one attached hydrogen (secondary N) is 1. The van der Waals surface area contributed by atoms with Crippen LogP contribution in [0.1, 0.15) is 5.69 Å². The quantitative estimate of drug-likeness (QED) is 0.783. The first-order valence-electron chi connectivity index (χ1n) is 5.91. The number of fused-ring (bicyclic) bond motifs is 1. The van der Waals surface area contributed by atoms with Crippen LogP contribution < -0.4 is 10.3 Å². The molecule has 0 spiro atoms. The number of hydrogen-bond donors (Lipinski definition) is 1. The molecule has 0 aliphatic rings. The van der Waals surface area contributed by atoms with Crippen molar-refractivity contribution in [1.82, 2.24) is 15.0 Å². The third-order valence-corrected chi connectivity index (χ3v) is 3.23. The maximum Gasteiger partial charge on any atom is 0.269 e. The summed E-state index contributed by atoms with van der Waals surface area (Å²) in [7, 11) is 0. The Labute approximate surface area is 122 Å². The summed E-state index contributed by atoms with van der Waals surface area (Å²) >= 11 is 3.40. The van der Waals surface area contributed by atoms with E-state index in [4.69, 9.17) is 4.74 Å². The molecule has 0 saturated heterocycles. The van der Waals surface area contributed by atoms with E-state index in [1.54, 1.807) is 37.5 Å². The van der Waals surface area contributed by atoms with E-state index in [-0.39, 0.29) is 5.56 Å². The van der Waals surface area contributed by atoms with Gasteiger partial charge < -0.3 is 9.72 Å². The molecule has 0 unspecified atom stereocenters. The number of aromatic amines is 1. The van der Waals surface area contributed by atoms with Crippen LogP contribution in [0, 0.1) is 6.92 Å². The highest BCUT2D eigenvalue weighted by molar-refractivity contribution is 9.10. The summed E-state index contributed by atoms with van der Waals surface area (Å²) < 4.78 is 6.61. The summed E-state index contributed by atoms with van der Waals surface area (Å²) in [5.74, 6) is 1.23. The molecule has 20 heavy (non-hydrogen) atoms. The van der Waals surface area contributed by atoms with E-state index < -0.39 is 0 Å². The number of halogens is 1. The summed E-state index contributed by atoms with van der Waals surface area (Å²) in [5, 5.41) is 0. The first kappa shape index (κ1) is 12.8. The average Bonchev–Trinajstić information content (AvgIpc) is 2.42. The minimum Gasteiger partial charge on any atom is -0.455 e. The third kappa shape index (κ3) is 2.42. The lowest BCUT2D eigenvalue weighted by atomic mass is 10.2. The highest BCUT2D eigenvalue weighted by atomic mass is 79.9. The molecular weight excluding hydrogens is 322 g/mol. The fraction of sp³-hybridized carbons (Fsp3) is 0.0714. The summed E-state index contributed by atoms with van der Waals surface area (Å²) in [6.07, 6.45) is 3.30. The first-order valence-corrected chi connectivity index (χ1v) is 6.71. The molecule has 0 fully saturated rings. The zero-order valence-corrected chi connectivity index (χ0v) is 12.1. The van der Waals surface area contributed by atoms with E-state index in [0.29, 0.717) is 28.2 Å². The lowest BCUT2D eigenvalue weighted by Gasteiger charge is -2.09. The maximum absolute atomic E-state index is 11.6. The molecule has 0 saturated carbocycles. The Kier molecular flexibility index (Phi) is 3.23. The average molecular weight is 332 g/mol. The SMILES string of the molecule is Cc1nc2c(Oc3ccncc3)cc(Br)cc2[nH]c1=O. The normalized spacial score (nSPS) is 10.7. The minimum absolute atomic E-state index is 0.203. The van der Waals surface area contributed by atoms with Crippen molar-refractivity contribution < 1.29 is 4.74 Å². The Hall–Kier alpha value is -2.21. The van der Waals surface area contributed by atoms with E-state index in [2.05, 4.69) is 30.9 Å². The molecule has 6 heteroatoms. The number of aromatic nitrogens is 3. The van der Waals surface area contributed by atoms with Gasteiger partial charge in [-0.15, -0.1) is 0 Å². The van der Waals surface area contributed by atoms with Gasteiger partial charge in [-0.1, -0.05) is 15.9 Å². The van der Waals surface area contributed by atoms with Gasteiger partial charge >= 0.3 is 0 Å². The lowest BCUT2D eigenvalue weighted by molar-refractivity contribution is 0.486. The Morgan fingerprint density at radius 3 is 2.75 bits per heavy atom. The van der Waals surface area contributed by atoms with Gasteiger partial charge in [0.05, 0.1) is 5.52 Å². The van der Waals surface area contributed by atoms with Gasteiger partial charge in [0, 0.05) is 16.9 Å². The number of rotatable bonds is 2. The smallest absolute Gasteiger partial charge is 0.269 e. The molecule has 1 aromatic carbocycles. The number of pyridine rings is 1. The topological polar surface area (TPSA) is 67.9 Å². The van der Waals surface area contributed by atoms with Crippen LogP contribution in [-0.4, -0.2) is 15.0 Å². The molecule has 3 aromatic rings. The zero-order chi connectivity index (χ0) is 14.1. The summed E-state index contributed by atoms with van der Waals surface area (Å²) in [4.78, 5) is 22.7. The predicted octanol–water partition coefficient (Wildman–Crippen LogP) is 3.18. The van der Waals surface area contributed by atoms with Crippen molar-refractivity contribution in [3.05, 3.63) is 57.2 Å². The van der Waals surface area contributed by atoms with Crippen LogP contribution in [0.3, 0.4) is 0 Å². The van der Waals surface area contributed by atoms with Crippen LogP contribution in [0.15, 0.2) is 45.9 Å². The van der Waals surface area contributed by atoms with E-state index in [1.165, 1.54) is 0 Å². The molecule has 0 amide bonds. The van der Waals surface area contributed by atoms with Crippen LogP contribution in [0.2, 0.25) is 0 Å². The Bertz CT molecular complexity index is 831. The van der Waals surface area contributed by atoms with Crippen molar-refractivity contribution in [2.45, 2.75) is 6.92 Å². The van der Waals surface area contributed by atoms with E-state index >= 15 is 0 Å². The number of hydrogen-bond acceptors (Lipinski definition) is 4. The molecule has 0 aliphatic carbocycles. The van der Waals surface area contributed by atoms with E-state index in [9.17, 15) is 4.79 Å². The van der Waals surface area contributed by atoms with Crippen LogP contribution in [0.25, 0.3) is 11.0 Å². The summed E-state index contributed by atoms with van der Waals surface area (Å²) in [5.41, 5.74) is 1.44. The summed E-state index contributed by atoms with van der Waals surface area (Å²) in [6.45, 7) is 1.66. The molecule has 0 atom stereocenters. The van der Waals surface area contributed by atoms with E-state index in [0.717, 1.165) is 4.47 Å². The van der Waals surface area contributed by atoms with Gasteiger partial charge in [0.15, 0.2) is 5.75 Å². The van der Waals surface area contributed by atoms with Gasteiger partial charge in [0.25, 0.3) is 5.56 Å². The van der Waals surface area contributed by atoms with Crippen molar-refractivity contribution in [3.8, 4) is 11.5 Å². The Balaban J connectivity index is 2.19. The molecule has 0 radical (unpaired) electrons. The third-order valence-electron chi connectivity index (χ3n) is 2.77. The largest absolute Gasteiger partial charge is 0.455 e. The van der Waals surface area contributed by atoms with Crippen molar-refractivity contribution in [1.29, 1.82) is 0 Å². The second kappa shape index (κ2) is 5.05. The molecule has 0 bridgehead atoms. The molecule has 2 aromatic heterocycles. The van der Waals surface area contributed by atoms with Gasteiger partial charge in [0.1, 0.15) is 17.0 Å². The molecule has 100 valence electrons. The fourth-order valence-corrected chi connectivity index (χ4v) is 2.26. The highest BCUT2D eigenvalue weighted by Gasteiger charge is 2.09. The van der Waals surface area contributed by atoms with Gasteiger partial charge in [-0.25, -0.2) is 4.98 Å². The lowest BCUT2D eigenvalue weighted by Crippen LogP contribution is -2.11. The van der Waals surface area contributed by atoms with E-state index in [1.807, 2.05) is 6.07 Å². The van der Waals surface area contributed by atoms with Crippen LogP contribution >= 0.6 is 15.9 Å². The predicted molar refractivity (Wildman–Crippen MR) is 79.1 cm³/mol. The number of nitrogens with zero attached hydrogens (tertiary/aromatic N) is 2. The standard InChI is InChI=1S/C14H10BrN3O2/c1-8-14(19)18-11-6-9(15)7-12(13(11)17-8)20-10-2-4-16-5-3-10/h2-7H,1H3,(H,18,19). The molecule has 1 N–H and O–H groups in total. The number of ether oxygens (including phenoxy) is 1. The fourth-order valence-electron chi connectivity index (χ4n) is 1.83. The molecule has 0 aliphatic heterocycles. The highest BCUT2D eigenvalue weighted by Crippen LogP contribution is 2.30. The molecular formula is C14H10BrN3O2. The second-order valence-corrected chi connectivity index (χ2v) is 5.15. The van der Waals surface area contributed by atoms with Gasteiger partial charge in [0.2, 0.25) is 0 Å². The van der Waals surface area contributed by atoms with Crippen LogP contribution in [-0.2, 0) is 0 Å². The summed E-state index contributed by atoms with van der Waals surface area (Å²) in [6, 6.07) is 7.12. The molecule has 3 rings (SSSR count). The van der Waals surface area contributed by atoms with Crippen LogP contribution in [0.4, 0.5) is 0 Å². The van der Waals surface area contributed by atoms with Crippen molar-refractivity contribution in [2.24, 2.45) is 0 Å². The van der Waals surface area contributed by atoms with Crippen molar-refractivity contribution >= 4 is 27.0 Å². The first-order chi connectivity index (χ1) is 9.63. The Morgan fingerprint density at radius 1 is 1.25 bits per heavy atom. The number of benzene rings is 1. The number of aryl methyl sites for hydroxylation is 1. The van der Waals surface area contributed by atoms with Gasteiger partial charge in [-0.2, -0.15) is 0 Å². The zero-order valence-electron chi connectivity index (χ0n) is 10.6. The van der Waals surface area contributed by atoms with Gasteiger partial charge in [-0.3, -0.25) is 9.78 Å². The Morgan fingerprint density at radius 2 is 2.00 bits per heavy atom. The van der Waals surface area contributed by atoms with Crippen LogP contribution in [0.5, 0.6) is 11.5 Å². The monoisotopic (exact) mass is 331 g/mol. The van der Waals surface area contributed by atoms with Crippen molar-refractivity contribution in [2.75, 3.05) is 0 Å². The van der Waals surface area contributed by atoms with Crippen molar-refractivity contribution in [3.63, 3.8) is 0 Å². The molecule has 2 heterocycles. The molecule has 5 nitrogen and oxygen atoms in total.